The average Bonchev–Trinajstić information content (AvgIpc) is 2.70. The summed E-state index contributed by atoms with van der Waals surface area (Å²) in [5.74, 6) is 0.490. The van der Waals surface area contributed by atoms with Crippen LogP contribution in [-0.2, 0) is 11.8 Å². The molecule has 1 fully saturated rings. The number of nitrogens with zero attached hydrogens (tertiary/aromatic N) is 3. The van der Waals surface area contributed by atoms with E-state index in [2.05, 4.69) is 10.4 Å². The van der Waals surface area contributed by atoms with Gasteiger partial charge in [0.15, 0.2) is 0 Å². The van der Waals surface area contributed by atoms with Crippen molar-refractivity contribution in [3.05, 3.63) is 15.8 Å². The molecule has 1 aromatic heterocycles. The monoisotopic (exact) mass is 284 g/mol. The van der Waals surface area contributed by atoms with Crippen molar-refractivity contribution in [3.63, 3.8) is 0 Å². The van der Waals surface area contributed by atoms with Gasteiger partial charge in [-0.3, -0.25) is 10.1 Å². The average molecular weight is 284 g/mol. The molecule has 1 aliphatic rings. The molecule has 0 bridgehead atoms. The van der Waals surface area contributed by atoms with Gasteiger partial charge in [-0.15, -0.1) is 0 Å². The molecule has 112 valence electrons. The lowest BCUT2D eigenvalue weighted by Crippen LogP contribution is -3.14. The van der Waals surface area contributed by atoms with Crippen molar-refractivity contribution in [1.82, 2.24) is 9.78 Å². The number of quaternary nitrogens is 1. The SMILES string of the molecule is Cc1nn(C)c(NCCC[NH+]2CCOCC2)c1[N+](=O)[O-]. The van der Waals surface area contributed by atoms with E-state index in [0.717, 1.165) is 39.3 Å². The maximum Gasteiger partial charge on any atom is 0.333 e. The molecule has 0 spiro atoms. The van der Waals surface area contributed by atoms with Crippen molar-refractivity contribution in [2.75, 3.05) is 44.7 Å². The highest BCUT2D eigenvalue weighted by atomic mass is 16.6. The summed E-state index contributed by atoms with van der Waals surface area (Å²) in [6.45, 7) is 7.17. The molecule has 0 unspecified atom stereocenters. The standard InChI is InChI=1S/C12H21N5O3/c1-10-11(17(18)19)12(15(2)14-10)13-4-3-5-16-6-8-20-9-7-16/h13H,3-9H2,1-2H3/p+1. The Kier molecular flexibility index (Phi) is 4.91. The van der Waals surface area contributed by atoms with Gasteiger partial charge in [0, 0.05) is 20.0 Å². The lowest BCUT2D eigenvalue weighted by atomic mass is 10.3. The van der Waals surface area contributed by atoms with Crippen molar-refractivity contribution in [3.8, 4) is 0 Å². The number of ether oxygens (including phenoxy) is 1. The number of morpholine rings is 1. The van der Waals surface area contributed by atoms with E-state index in [1.165, 1.54) is 9.58 Å². The van der Waals surface area contributed by atoms with Crippen LogP contribution in [0.4, 0.5) is 11.5 Å². The summed E-state index contributed by atoms with van der Waals surface area (Å²) in [5, 5.41) is 18.3. The zero-order chi connectivity index (χ0) is 14.5. The summed E-state index contributed by atoms with van der Waals surface area (Å²) in [7, 11) is 1.72. The van der Waals surface area contributed by atoms with Crippen LogP contribution in [0.3, 0.4) is 0 Å². The lowest BCUT2D eigenvalue weighted by Gasteiger charge is -2.23. The Bertz CT molecular complexity index is 468. The summed E-state index contributed by atoms with van der Waals surface area (Å²) < 4.78 is 6.85. The molecule has 0 saturated carbocycles. The van der Waals surface area contributed by atoms with Crippen LogP contribution in [-0.4, -0.2) is 54.1 Å². The second-order valence-electron chi connectivity index (χ2n) is 5.06. The van der Waals surface area contributed by atoms with E-state index >= 15 is 0 Å². The van der Waals surface area contributed by atoms with Crippen LogP contribution in [0, 0.1) is 17.0 Å². The Morgan fingerprint density at radius 3 is 2.85 bits per heavy atom. The molecular weight excluding hydrogens is 262 g/mol. The van der Waals surface area contributed by atoms with E-state index in [0.29, 0.717) is 18.1 Å². The minimum absolute atomic E-state index is 0.0752. The first kappa shape index (κ1) is 14.7. The van der Waals surface area contributed by atoms with Crippen LogP contribution in [0.5, 0.6) is 0 Å². The molecule has 2 rings (SSSR count). The molecule has 2 N–H and O–H groups in total. The number of aromatic nitrogens is 2. The van der Waals surface area contributed by atoms with Crippen molar-refractivity contribution in [2.45, 2.75) is 13.3 Å². The van der Waals surface area contributed by atoms with Gasteiger partial charge in [-0.25, -0.2) is 4.68 Å². The fourth-order valence-corrected chi connectivity index (χ4v) is 2.52. The van der Waals surface area contributed by atoms with E-state index in [9.17, 15) is 10.1 Å². The number of nitro groups is 1. The quantitative estimate of drug-likeness (QED) is 0.412. The number of hydrogen-bond acceptors (Lipinski definition) is 5. The van der Waals surface area contributed by atoms with Gasteiger partial charge in [0.25, 0.3) is 0 Å². The Morgan fingerprint density at radius 1 is 1.50 bits per heavy atom. The van der Waals surface area contributed by atoms with Crippen LogP contribution in [0.15, 0.2) is 0 Å². The fraction of sp³-hybridized carbons (Fsp3) is 0.750. The van der Waals surface area contributed by atoms with Crippen molar-refractivity contribution in [1.29, 1.82) is 0 Å². The van der Waals surface area contributed by atoms with Crippen LogP contribution in [0.25, 0.3) is 0 Å². The zero-order valence-electron chi connectivity index (χ0n) is 12.0. The molecule has 20 heavy (non-hydrogen) atoms. The molecule has 0 radical (unpaired) electrons. The highest BCUT2D eigenvalue weighted by molar-refractivity contribution is 5.59. The first-order chi connectivity index (χ1) is 9.59. The maximum absolute atomic E-state index is 11.0. The van der Waals surface area contributed by atoms with Gasteiger partial charge in [-0.2, -0.15) is 5.10 Å². The Hall–Kier alpha value is -1.67. The largest absolute Gasteiger partial charge is 0.370 e. The molecule has 1 aliphatic heterocycles. The second-order valence-corrected chi connectivity index (χ2v) is 5.06. The first-order valence-corrected chi connectivity index (χ1v) is 6.92. The van der Waals surface area contributed by atoms with E-state index in [1.807, 2.05) is 0 Å². The summed E-state index contributed by atoms with van der Waals surface area (Å²) >= 11 is 0. The minimum Gasteiger partial charge on any atom is -0.370 e. The van der Waals surface area contributed by atoms with Crippen LogP contribution in [0.1, 0.15) is 12.1 Å². The van der Waals surface area contributed by atoms with E-state index in [1.54, 1.807) is 14.0 Å². The third-order valence-corrected chi connectivity index (χ3v) is 3.57. The van der Waals surface area contributed by atoms with Crippen molar-refractivity contribution < 1.29 is 14.6 Å². The van der Waals surface area contributed by atoms with E-state index < -0.39 is 0 Å². The Labute approximate surface area is 117 Å². The van der Waals surface area contributed by atoms with E-state index in [-0.39, 0.29) is 10.6 Å². The molecule has 0 aliphatic carbocycles. The molecule has 1 aromatic rings. The van der Waals surface area contributed by atoms with Crippen molar-refractivity contribution >= 4 is 11.5 Å². The van der Waals surface area contributed by atoms with Gasteiger partial charge in [0.2, 0.25) is 5.82 Å². The highest BCUT2D eigenvalue weighted by Gasteiger charge is 2.23. The predicted octanol–water partition coefficient (Wildman–Crippen LogP) is -0.646. The summed E-state index contributed by atoms with van der Waals surface area (Å²) in [4.78, 5) is 12.2. The third kappa shape index (κ3) is 3.45. The van der Waals surface area contributed by atoms with Gasteiger partial charge in [0.05, 0.1) is 24.7 Å². The highest BCUT2D eigenvalue weighted by Crippen LogP contribution is 2.26. The van der Waals surface area contributed by atoms with Crippen LogP contribution in [0.2, 0.25) is 0 Å². The predicted molar refractivity (Wildman–Crippen MR) is 74.1 cm³/mol. The number of anilines is 1. The van der Waals surface area contributed by atoms with Gasteiger partial charge in [-0.05, 0) is 6.92 Å². The summed E-state index contributed by atoms with van der Waals surface area (Å²) in [6, 6.07) is 0. The number of rotatable bonds is 6. The Morgan fingerprint density at radius 2 is 2.20 bits per heavy atom. The normalized spacial score (nSPS) is 16.3. The van der Waals surface area contributed by atoms with Crippen LogP contribution >= 0.6 is 0 Å². The van der Waals surface area contributed by atoms with Gasteiger partial charge >= 0.3 is 5.69 Å². The number of hydrogen-bond donors (Lipinski definition) is 2. The minimum atomic E-state index is -0.377. The summed E-state index contributed by atoms with van der Waals surface area (Å²) in [5.41, 5.74) is 0.519. The molecule has 0 atom stereocenters. The van der Waals surface area contributed by atoms with Crippen LogP contribution < -0.4 is 10.2 Å². The molecule has 2 heterocycles. The van der Waals surface area contributed by atoms with Crippen molar-refractivity contribution in [2.24, 2.45) is 7.05 Å². The Balaban J connectivity index is 1.83. The molecular formula is C12H22N5O3+. The molecule has 0 amide bonds. The lowest BCUT2D eigenvalue weighted by molar-refractivity contribution is -0.908. The van der Waals surface area contributed by atoms with Gasteiger partial charge in [-0.1, -0.05) is 0 Å². The molecule has 8 nitrogen and oxygen atoms in total. The first-order valence-electron chi connectivity index (χ1n) is 6.92. The smallest absolute Gasteiger partial charge is 0.333 e. The molecule has 1 saturated heterocycles. The molecule has 0 aromatic carbocycles. The number of nitrogens with one attached hydrogen (secondary N) is 2. The van der Waals surface area contributed by atoms with E-state index in [4.69, 9.17) is 4.74 Å². The second kappa shape index (κ2) is 6.67. The molecule has 8 heteroatoms. The topological polar surface area (TPSA) is 86.7 Å². The van der Waals surface area contributed by atoms with Gasteiger partial charge in [0.1, 0.15) is 18.8 Å². The van der Waals surface area contributed by atoms with Gasteiger partial charge < -0.3 is 15.0 Å². The number of aryl methyl sites for hydroxylation is 2. The zero-order valence-corrected chi connectivity index (χ0v) is 12.0. The fourth-order valence-electron chi connectivity index (χ4n) is 2.52. The summed E-state index contributed by atoms with van der Waals surface area (Å²) in [6.07, 6.45) is 0.969. The maximum atomic E-state index is 11.0. The third-order valence-electron chi connectivity index (χ3n) is 3.57.